The zero-order valence-electron chi connectivity index (χ0n) is 15.3. The molecule has 27 heavy (non-hydrogen) atoms. The van der Waals surface area contributed by atoms with Crippen molar-refractivity contribution in [3.05, 3.63) is 82.3 Å². The van der Waals surface area contributed by atoms with Gasteiger partial charge < -0.3 is 19.2 Å². The molecule has 0 radical (unpaired) electrons. The molecule has 0 aliphatic rings. The fourth-order valence-corrected chi connectivity index (χ4v) is 2.89. The van der Waals surface area contributed by atoms with Crippen LogP contribution in [0.25, 0.3) is 0 Å². The standard InChI is InChI=1S/C21H22ClNO3.ClH/c1-15-5-7-16(8-6-15)14-26-21-19(22)10-17(11-20(21)24-2)12-23-13-18-4-3-9-25-18;/h3-11,23H,12-14H2,1-2H3;1H. The minimum absolute atomic E-state index is 0. The van der Waals surface area contributed by atoms with Gasteiger partial charge in [-0.3, -0.25) is 0 Å². The van der Waals surface area contributed by atoms with Gasteiger partial charge in [0.2, 0.25) is 0 Å². The van der Waals surface area contributed by atoms with E-state index >= 15 is 0 Å². The molecular weight excluding hydrogens is 385 g/mol. The van der Waals surface area contributed by atoms with Crippen LogP contribution in [0.5, 0.6) is 11.5 Å². The van der Waals surface area contributed by atoms with Gasteiger partial charge in [0.1, 0.15) is 12.4 Å². The molecule has 0 saturated heterocycles. The molecule has 0 atom stereocenters. The lowest BCUT2D eigenvalue weighted by Crippen LogP contribution is -2.12. The number of halogens is 2. The highest BCUT2D eigenvalue weighted by Crippen LogP contribution is 2.37. The highest BCUT2D eigenvalue weighted by Gasteiger charge is 2.12. The van der Waals surface area contributed by atoms with Gasteiger partial charge in [-0.15, -0.1) is 12.4 Å². The van der Waals surface area contributed by atoms with Crippen molar-refractivity contribution < 1.29 is 13.9 Å². The van der Waals surface area contributed by atoms with E-state index in [1.807, 2.05) is 36.4 Å². The van der Waals surface area contributed by atoms with E-state index in [2.05, 4.69) is 24.4 Å². The highest BCUT2D eigenvalue weighted by molar-refractivity contribution is 6.32. The summed E-state index contributed by atoms with van der Waals surface area (Å²) in [7, 11) is 1.62. The first-order valence-electron chi connectivity index (χ1n) is 8.43. The number of rotatable bonds is 8. The molecule has 1 heterocycles. The SMILES string of the molecule is COc1cc(CNCc2ccco2)cc(Cl)c1OCc1ccc(C)cc1.Cl. The second kappa shape index (κ2) is 10.3. The Morgan fingerprint density at radius 2 is 1.81 bits per heavy atom. The average Bonchev–Trinajstić information content (AvgIpc) is 3.15. The molecule has 0 spiro atoms. The van der Waals surface area contributed by atoms with Crippen molar-refractivity contribution in [2.75, 3.05) is 7.11 Å². The number of ether oxygens (including phenoxy) is 2. The predicted octanol–water partition coefficient (Wildman–Crippen LogP) is 5.54. The Kier molecular flexibility index (Phi) is 8.04. The third-order valence-electron chi connectivity index (χ3n) is 4.00. The first-order chi connectivity index (χ1) is 12.7. The Hall–Kier alpha value is -2.14. The summed E-state index contributed by atoms with van der Waals surface area (Å²) in [6, 6.07) is 15.8. The second-order valence-electron chi connectivity index (χ2n) is 6.07. The predicted molar refractivity (Wildman–Crippen MR) is 110 cm³/mol. The average molecular weight is 408 g/mol. The van der Waals surface area contributed by atoms with Crippen molar-refractivity contribution in [2.45, 2.75) is 26.6 Å². The van der Waals surface area contributed by atoms with E-state index < -0.39 is 0 Å². The Labute approximate surface area is 170 Å². The smallest absolute Gasteiger partial charge is 0.180 e. The maximum Gasteiger partial charge on any atom is 0.180 e. The summed E-state index contributed by atoms with van der Waals surface area (Å²) in [5, 5.41) is 3.85. The monoisotopic (exact) mass is 407 g/mol. The number of aryl methyl sites for hydroxylation is 1. The fraction of sp³-hybridized carbons (Fsp3) is 0.238. The van der Waals surface area contributed by atoms with Crippen LogP contribution in [0.4, 0.5) is 0 Å². The van der Waals surface area contributed by atoms with E-state index in [-0.39, 0.29) is 12.4 Å². The van der Waals surface area contributed by atoms with E-state index in [1.54, 1.807) is 13.4 Å². The maximum atomic E-state index is 6.43. The van der Waals surface area contributed by atoms with Crippen LogP contribution < -0.4 is 14.8 Å². The molecule has 1 N–H and O–H groups in total. The van der Waals surface area contributed by atoms with Crippen LogP contribution in [0.1, 0.15) is 22.5 Å². The van der Waals surface area contributed by atoms with E-state index in [0.29, 0.717) is 36.2 Å². The minimum Gasteiger partial charge on any atom is -0.493 e. The summed E-state index contributed by atoms with van der Waals surface area (Å²) >= 11 is 6.43. The van der Waals surface area contributed by atoms with Crippen LogP contribution in [-0.2, 0) is 19.7 Å². The van der Waals surface area contributed by atoms with Gasteiger partial charge in [0, 0.05) is 6.54 Å². The quantitative estimate of drug-likeness (QED) is 0.532. The van der Waals surface area contributed by atoms with Gasteiger partial charge in [-0.2, -0.15) is 0 Å². The van der Waals surface area contributed by atoms with Gasteiger partial charge in [0.15, 0.2) is 11.5 Å². The topological polar surface area (TPSA) is 43.6 Å². The number of furan rings is 1. The summed E-state index contributed by atoms with van der Waals surface area (Å²) in [5.74, 6) is 2.07. The van der Waals surface area contributed by atoms with Crippen molar-refractivity contribution in [2.24, 2.45) is 0 Å². The maximum absolute atomic E-state index is 6.43. The Balaban J connectivity index is 0.00000261. The number of methoxy groups -OCH3 is 1. The van der Waals surface area contributed by atoms with Crippen molar-refractivity contribution in [3.8, 4) is 11.5 Å². The molecule has 0 saturated carbocycles. The molecule has 6 heteroatoms. The van der Waals surface area contributed by atoms with Gasteiger partial charge in [-0.25, -0.2) is 0 Å². The van der Waals surface area contributed by atoms with E-state index in [0.717, 1.165) is 16.9 Å². The first kappa shape index (κ1) is 21.2. The third kappa shape index (κ3) is 5.93. The lowest BCUT2D eigenvalue weighted by molar-refractivity contribution is 0.284. The number of hydrogen-bond acceptors (Lipinski definition) is 4. The first-order valence-corrected chi connectivity index (χ1v) is 8.81. The molecule has 4 nitrogen and oxygen atoms in total. The second-order valence-corrected chi connectivity index (χ2v) is 6.47. The van der Waals surface area contributed by atoms with E-state index in [4.69, 9.17) is 25.5 Å². The molecule has 3 rings (SSSR count). The molecule has 0 aliphatic heterocycles. The molecular formula is C21H23Cl2NO3. The largest absolute Gasteiger partial charge is 0.493 e. The summed E-state index contributed by atoms with van der Waals surface area (Å²) < 4.78 is 16.7. The Morgan fingerprint density at radius 3 is 2.48 bits per heavy atom. The highest BCUT2D eigenvalue weighted by atomic mass is 35.5. The van der Waals surface area contributed by atoms with Crippen molar-refractivity contribution >= 4 is 24.0 Å². The normalized spacial score (nSPS) is 10.3. The van der Waals surface area contributed by atoms with Crippen LogP contribution >= 0.6 is 24.0 Å². The Morgan fingerprint density at radius 1 is 1.04 bits per heavy atom. The number of benzene rings is 2. The van der Waals surface area contributed by atoms with E-state index in [9.17, 15) is 0 Å². The summed E-state index contributed by atoms with van der Waals surface area (Å²) in [6.07, 6.45) is 1.66. The van der Waals surface area contributed by atoms with Crippen molar-refractivity contribution in [3.63, 3.8) is 0 Å². The Bertz CT molecular complexity index is 833. The summed E-state index contributed by atoms with van der Waals surface area (Å²) in [6.45, 7) is 3.79. The summed E-state index contributed by atoms with van der Waals surface area (Å²) in [5.41, 5.74) is 3.31. The zero-order chi connectivity index (χ0) is 18.4. The molecule has 0 fully saturated rings. The van der Waals surface area contributed by atoms with Gasteiger partial charge in [-0.05, 0) is 42.3 Å². The fourth-order valence-electron chi connectivity index (χ4n) is 2.60. The van der Waals surface area contributed by atoms with Gasteiger partial charge in [0.25, 0.3) is 0 Å². The van der Waals surface area contributed by atoms with E-state index in [1.165, 1.54) is 5.56 Å². The van der Waals surface area contributed by atoms with Crippen LogP contribution in [-0.4, -0.2) is 7.11 Å². The van der Waals surface area contributed by atoms with Crippen LogP contribution in [0.15, 0.2) is 59.2 Å². The van der Waals surface area contributed by atoms with Gasteiger partial charge >= 0.3 is 0 Å². The third-order valence-corrected chi connectivity index (χ3v) is 4.28. The van der Waals surface area contributed by atoms with Crippen molar-refractivity contribution in [1.82, 2.24) is 5.32 Å². The molecule has 0 amide bonds. The number of hydrogen-bond donors (Lipinski definition) is 1. The van der Waals surface area contributed by atoms with Gasteiger partial charge in [-0.1, -0.05) is 41.4 Å². The van der Waals surface area contributed by atoms with Crippen molar-refractivity contribution in [1.29, 1.82) is 0 Å². The summed E-state index contributed by atoms with van der Waals surface area (Å²) in [4.78, 5) is 0. The molecule has 144 valence electrons. The lowest BCUT2D eigenvalue weighted by atomic mass is 10.1. The van der Waals surface area contributed by atoms with Crippen LogP contribution in [0, 0.1) is 6.92 Å². The molecule has 0 bridgehead atoms. The minimum atomic E-state index is 0. The number of nitrogens with one attached hydrogen (secondary N) is 1. The molecule has 2 aromatic carbocycles. The zero-order valence-corrected chi connectivity index (χ0v) is 16.9. The van der Waals surface area contributed by atoms with Crippen LogP contribution in [0.3, 0.4) is 0 Å². The molecule has 1 aromatic heterocycles. The molecule has 0 unspecified atom stereocenters. The molecule has 3 aromatic rings. The molecule has 0 aliphatic carbocycles. The van der Waals surface area contributed by atoms with Crippen LogP contribution in [0.2, 0.25) is 5.02 Å². The lowest BCUT2D eigenvalue weighted by Gasteiger charge is -2.14. The van der Waals surface area contributed by atoms with Gasteiger partial charge in [0.05, 0.1) is 24.9 Å².